The number of esters is 1. The summed E-state index contributed by atoms with van der Waals surface area (Å²) < 4.78 is 9.38. The van der Waals surface area contributed by atoms with E-state index in [0.29, 0.717) is 5.82 Å². The predicted molar refractivity (Wildman–Crippen MR) is 65.3 cm³/mol. The second-order valence-electron chi connectivity index (χ2n) is 3.45. The fraction of sp³-hybridized carbons (Fsp3) is 0.300. The Labute approximate surface area is 113 Å². The third-order valence-electron chi connectivity index (χ3n) is 2.29. The number of nitrogens with one attached hydrogen (secondary N) is 1. The number of aliphatic imine (C=N–C) groups is 1. The molecule has 0 aromatic heterocycles. The molecule has 0 aromatic carbocycles. The van der Waals surface area contributed by atoms with Gasteiger partial charge in [0, 0.05) is 6.21 Å². The largest absolute Gasteiger partial charge is 0.462 e. The zero-order chi connectivity index (χ0) is 14.0. The van der Waals surface area contributed by atoms with Crippen LogP contribution in [0, 0.1) is 0 Å². The van der Waals surface area contributed by atoms with Gasteiger partial charge in [-0.3, -0.25) is 0 Å². The minimum Gasteiger partial charge on any atom is -0.462 e. The molecule has 0 aromatic rings. The highest BCUT2D eigenvalue weighted by molar-refractivity contribution is 6.34. The van der Waals surface area contributed by atoms with E-state index in [9.17, 15) is 9.59 Å². The van der Waals surface area contributed by atoms with E-state index in [1.807, 2.05) is 0 Å². The van der Waals surface area contributed by atoms with Crippen LogP contribution in [0.15, 0.2) is 27.7 Å². The lowest BCUT2D eigenvalue weighted by Gasteiger charge is -2.23. The number of rotatable bonds is 2. The first-order valence-electron chi connectivity index (χ1n) is 5.34. The standard InChI is InChI=1S/C10H11ClN4O4/c1-3-19-9(16)6-4-12-7-5-14(10(17)18-2)13-15(7)8(6)11/h4-5,13H,3H2,1-2H3. The highest BCUT2D eigenvalue weighted by atomic mass is 35.5. The quantitative estimate of drug-likeness (QED) is 0.594. The molecule has 0 fully saturated rings. The number of halogens is 1. The van der Waals surface area contributed by atoms with Crippen molar-refractivity contribution in [2.24, 2.45) is 4.99 Å². The molecule has 0 unspecified atom stereocenters. The van der Waals surface area contributed by atoms with Crippen LogP contribution in [0.3, 0.4) is 0 Å². The number of ether oxygens (including phenoxy) is 2. The monoisotopic (exact) mass is 286 g/mol. The lowest BCUT2D eigenvalue weighted by atomic mass is 10.3. The molecule has 1 N–H and O–H groups in total. The summed E-state index contributed by atoms with van der Waals surface area (Å²) in [4.78, 5) is 27.0. The molecule has 102 valence electrons. The Kier molecular flexibility index (Phi) is 3.72. The van der Waals surface area contributed by atoms with Gasteiger partial charge in [-0.2, -0.15) is 5.01 Å². The Morgan fingerprint density at radius 3 is 2.89 bits per heavy atom. The maximum Gasteiger partial charge on any atom is 0.429 e. The molecule has 0 saturated carbocycles. The van der Waals surface area contributed by atoms with Crippen molar-refractivity contribution in [3.63, 3.8) is 0 Å². The average molecular weight is 287 g/mol. The van der Waals surface area contributed by atoms with Crippen molar-refractivity contribution in [2.75, 3.05) is 13.7 Å². The van der Waals surface area contributed by atoms with Crippen molar-refractivity contribution in [1.29, 1.82) is 0 Å². The number of nitrogens with zero attached hydrogens (tertiary/aromatic N) is 3. The second-order valence-corrected chi connectivity index (χ2v) is 3.80. The fourth-order valence-electron chi connectivity index (χ4n) is 1.44. The summed E-state index contributed by atoms with van der Waals surface area (Å²) in [7, 11) is 1.24. The Morgan fingerprint density at radius 2 is 2.26 bits per heavy atom. The number of carbonyl (C=O) groups excluding carboxylic acids is 2. The first kappa shape index (κ1) is 13.4. The molecule has 8 nitrogen and oxygen atoms in total. The van der Waals surface area contributed by atoms with Crippen molar-refractivity contribution >= 4 is 29.9 Å². The molecule has 2 aliphatic rings. The van der Waals surface area contributed by atoms with Crippen molar-refractivity contribution < 1.29 is 19.1 Å². The summed E-state index contributed by atoms with van der Waals surface area (Å²) in [6.45, 7) is 1.91. The molecule has 2 rings (SSSR count). The maximum absolute atomic E-state index is 11.6. The molecule has 0 saturated heterocycles. The van der Waals surface area contributed by atoms with Gasteiger partial charge in [0.05, 0.1) is 19.9 Å². The van der Waals surface area contributed by atoms with Crippen molar-refractivity contribution in [2.45, 2.75) is 6.92 Å². The highest BCUT2D eigenvalue weighted by Crippen LogP contribution is 2.27. The Bertz CT molecular complexity index is 514. The molecule has 2 heterocycles. The van der Waals surface area contributed by atoms with Crippen LogP contribution in [0.2, 0.25) is 0 Å². The summed E-state index contributed by atoms with van der Waals surface area (Å²) >= 11 is 6.06. The summed E-state index contributed by atoms with van der Waals surface area (Å²) in [5.74, 6) is -0.239. The van der Waals surface area contributed by atoms with Gasteiger partial charge in [0.25, 0.3) is 0 Å². The van der Waals surface area contributed by atoms with Gasteiger partial charge in [-0.1, -0.05) is 11.6 Å². The van der Waals surface area contributed by atoms with Crippen LogP contribution in [0.25, 0.3) is 0 Å². The summed E-state index contributed by atoms with van der Waals surface area (Å²) in [6, 6.07) is 0. The van der Waals surface area contributed by atoms with E-state index in [4.69, 9.17) is 16.3 Å². The van der Waals surface area contributed by atoms with Crippen LogP contribution in [-0.4, -0.2) is 42.0 Å². The van der Waals surface area contributed by atoms with E-state index in [1.54, 1.807) is 6.92 Å². The van der Waals surface area contributed by atoms with Gasteiger partial charge < -0.3 is 9.47 Å². The SMILES string of the molecule is CCOC(=O)C1=C(Cl)N2NN(C(=O)OC)C=C2N=C1. The number of fused-ring (bicyclic) bond motifs is 1. The molecule has 2 aliphatic heterocycles. The van der Waals surface area contributed by atoms with Crippen LogP contribution in [0.5, 0.6) is 0 Å². The van der Waals surface area contributed by atoms with Gasteiger partial charge in [-0.05, 0) is 6.92 Å². The molecule has 0 spiro atoms. The number of carbonyl (C=O) groups is 2. The van der Waals surface area contributed by atoms with E-state index in [-0.39, 0.29) is 17.3 Å². The van der Waals surface area contributed by atoms with E-state index < -0.39 is 12.1 Å². The Balaban J connectivity index is 2.22. The van der Waals surface area contributed by atoms with Crippen molar-refractivity contribution in [3.05, 3.63) is 22.8 Å². The molecule has 19 heavy (non-hydrogen) atoms. The molecular weight excluding hydrogens is 276 g/mol. The van der Waals surface area contributed by atoms with Gasteiger partial charge in [0.2, 0.25) is 0 Å². The van der Waals surface area contributed by atoms with Gasteiger partial charge in [-0.15, -0.1) is 5.53 Å². The summed E-state index contributed by atoms with van der Waals surface area (Å²) in [6.07, 6.45) is 2.02. The van der Waals surface area contributed by atoms with Crippen LogP contribution in [0.1, 0.15) is 6.92 Å². The topological polar surface area (TPSA) is 83.5 Å². The smallest absolute Gasteiger partial charge is 0.429 e. The lowest BCUT2D eigenvalue weighted by Crippen LogP contribution is -2.43. The number of hydrogen-bond acceptors (Lipinski definition) is 7. The zero-order valence-electron chi connectivity index (χ0n) is 10.2. The van der Waals surface area contributed by atoms with Crippen LogP contribution in [0.4, 0.5) is 4.79 Å². The van der Waals surface area contributed by atoms with Crippen molar-refractivity contribution in [1.82, 2.24) is 15.6 Å². The molecular formula is C10H11ClN4O4. The number of methoxy groups -OCH3 is 1. The Hall–Kier alpha value is -2.06. The van der Waals surface area contributed by atoms with Gasteiger partial charge in [0.1, 0.15) is 10.7 Å². The predicted octanol–water partition coefficient (Wildman–Crippen LogP) is 0.687. The molecule has 0 bridgehead atoms. The minimum atomic E-state index is -0.640. The normalized spacial score (nSPS) is 17.3. The van der Waals surface area contributed by atoms with E-state index >= 15 is 0 Å². The first-order chi connectivity index (χ1) is 9.08. The molecule has 0 atom stereocenters. The fourth-order valence-corrected chi connectivity index (χ4v) is 1.69. The van der Waals surface area contributed by atoms with Crippen LogP contribution in [-0.2, 0) is 14.3 Å². The van der Waals surface area contributed by atoms with E-state index in [2.05, 4.69) is 15.3 Å². The van der Waals surface area contributed by atoms with E-state index in [0.717, 1.165) is 5.01 Å². The lowest BCUT2D eigenvalue weighted by molar-refractivity contribution is -0.137. The molecule has 0 aliphatic carbocycles. The summed E-state index contributed by atoms with van der Waals surface area (Å²) in [5, 5.41) is 2.37. The minimum absolute atomic E-state index is 0.0612. The molecule has 0 radical (unpaired) electrons. The van der Waals surface area contributed by atoms with E-state index in [1.165, 1.54) is 24.5 Å². The molecule has 9 heteroatoms. The van der Waals surface area contributed by atoms with Gasteiger partial charge in [-0.25, -0.2) is 19.6 Å². The number of amides is 1. The van der Waals surface area contributed by atoms with Crippen molar-refractivity contribution in [3.8, 4) is 0 Å². The van der Waals surface area contributed by atoms with Gasteiger partial charge >= 0.3 is 12.1 Å². The third kappa shape index (κ3) is 2.40. The zero-order valence-corrected chi connectivity index (χ0v) is 11.0. The third-order valence-corrected chi connectivity index (χ3v) is 2.67. The number of hydrazine groups is 2. The van der Waals surface area contributed by atoms with Crippen LogP contribution < -0.4 is 5.53 Å². The molecule has 1 amide bonds. The first-order valence-corrected chi connectivity index (χ1v) is 5.72. The second kappa shape index (κ2) is 5.29. The maximum atomic E-state index is 11.6. The van der Waals surface area contributed by atoms with Crippen LogP contribution >= 0.6 is 11.6 Å². The highest BCUT2D eigenvalue weighted by Gasteiger charge is 2.32. The Morgan fingerprint density at radius 1 is 1.53 bits per heavy atom. The average Bonchev–Trinajstić information content (AvgIpc) is 2.83. The van der Waals surface area contributed by atoms with Gasteiger partial charge in [0.15, 0.2) is 5.82 Å². The summed E-state index contributed by atoms with van der Waals surface area (Å²) in [5.41, 5.74) is 2.71. The number of hydrogen-bond donors (Lipinski definition) is 1.